The molecule has 0 unspecified atom stereocenters. The summed E-state index contributed by atoms with van der Waals surface area (Å²) in [6.45, 7) is 2.61. The molecule has 0 aliphatic heterocycles. The van der Waals surface area contributed by atoms with Crippen LogP contribution in [0.5, 0.6) is 11.5 Å². The first kappa shape index (κ1) is 21.9. The van der Waals surface area contributed by atoms with E-state index in [0.29, 0.717) is 24.6 Å². The minimum absolute atomic E-state index is 0.0304. The number of alkyl halides is 3. The second kappa shape index (κ2) is 9.18. The van der Waals surface area contributed by atoms with Crippen molar-refractivity contribution in [3.05, 3.63) is 29.6 Å². The number of nitrogens with zero attached hydrogens (tertiary/aromatic N) is 4. The molecule has 0 radical (unpaired) electrons. The number of carbonyl (C=O) groups is 1. The Kier molecular flexibility index (Phi) is 7.17. The lowest BCUT2D eigenvalue weighted by Crippen LogP contribution is -2.31. The minimum Gasteiger partial charge on any atom is -0.493 e. The molecule has 0 aliphatic rings. The van der Waals surface area contributed by atoms with Crippen LogP contribution in [0.2, 0.25) is 0 Å². The third-order valence-corrected chi connectivity index (χ3v) is 4.97. The number of methoxy groups -OCH3 is 2. The van der Waals surface area contributed by atoms with Gasteiger partial charge in [-0.15, -0.1) is 10.2 Å². The standard InChI is InChI=1S/C17H21F3N4O3S/c1-5-24(9-11-6-7-12(26-3)13(8-11)27-4)14(25)10-28-16-22-21-15(23(16)2)17(18,19)20/h6-8H,5,9-10H2,1-4H3. The molecule has 0 saturated carbocycles. The van der Waals surface area contributed by atoms with Gasteiger partial charge in [-0.3, -0.25) is 4.79 Å². The molecule has 28 heavy (non-hydrogen) atoms. The summed E-state index contributed by atoms with van der Waals surface area (Å²) >= 11 is 0.914. The first-order chi connectivity index (χ1) is 13.2. The Hall–Kier alpha value is -2.43. The molecule has 7 nitrogen and oxygen atoms in total. The second-order valence-electron chi connectivity index (χ2n) is 5.75. The first-order valence-corrected chi connectivity index (χ1v) is 9.27. The average molecular weight is 418 g/mol. The fraction of sp³-hybridized carbons (Fsp3) is 0.471. The lowest BCUT2D eigenvalue weighted by molar-refractivity contribution is -0.147. The van der Waals surface area contributed by atoms with E-state index in [1.54, 1.807) is 17.0 Å². The van der Waals surface area contributed by atoms with Crippen molar-refractivity contribution in [2.75, 3.05) is 26.5 Å². The summed E-state index contributed by atoms with van der Waals surface area (Å²) in [5.41, 5.74) is 0.843. The zero-order valence-corrected chi connectivity index (χ0v) is 16.7. The Morgan fingerprint density at radius 1 is 1.21 bits per heavy atom. The van der Waals surface area contributed by atoms with Crippen LogP contribution in [0.4, 0.5) is 13.2 Å². The smallest absolute Gasteiger partial charge is 0.451 e. The fourth-order valence-corrected chi connectivity index (χ4v) is 3.29. The maximum Gasteiger partial charge on any atom is 0.451 e. The van der Waals surface area contributed by atoms with Crippen molar-refractivity contribution >= 4 is 17.7 Å². The molecule has 1 amide bonds. The number of ether oxygens (including phenoxy) is 2. The quantitative estimate of drug-likeness (QED) is 0.614. The van der Waals surface area contributed by atoms with Crippen LogP contribution in [0, 0.1) is 0 Å². The Morgan fingerprint density at radius 2 is 1.89 bits per heavy atom. The van der Waals surface area contributed by atoms with Crippen molar-refractivity contribution in [3.63, 3.8) is 0 Å². The lowest BCUT2D eigenvalue weighted by Gasteiger charge is -2.21. The zero-order chi connectivity index (χ0) is 20.9. The molecule has 2 aromatic rings. The van der Waals surface area contributed by atoms with Crippen molar-refractivity contribution in [2.24, 2.45) is 7.05 Å². The van der Waals surface area contributed by atoms with Gasteiger partial charge in [0.05, 0.1) is 20.0 Å². The topological polar surface area (TPSA) is 69.5 Å². The number of hydrogen-bond acceptors (Lipinski definition) is 6. The van der Waals surface area contributed by atoms with Gasteiger partial charge in [-0.2, -0.15) is 13.2 Å². The molecule has 1 aromatic carbocycles. The van der Waals surface area contributed by atoms with E-state index in [1.807, 2.05) is 13.0 Å². The number of carbonyl (C=O) groups excluding carboxylic acids is 1. The Morgan fingerprint density at radius 3 is 2.43 bits per heavy atom. The highest BCUT2D eigenvalue weighted by atomic mass is 32.2. The average Bonchev–Trinajstić information content (AvgIpc) is 3.04. The summed E-state index contributed by atoms with van der Waals surface area (Å²) in [6, 6.07) is 5.35. The van der Waals surface area contributed by atoms with Crippen molar-refractivity contribution in [1.29, 1.82) is 0 Å². The third kappa shape index (κ3) is 5.09. The molecule has 1 heterocycles. The molecular weight excluding hydrogens is 397 g/mol. The van der Waals surface area contributed by atoms with Crippen LogP contribution in [0.25, 0.3) is 0 Å². The molecular formula is C17H21F3N4O3S. The number of hydrogen-bond donors (Lipinski definition) is 0. The number of halogens is 3. The van der Waals surface area contributed by atoms with E-state index in [2.05, 4.69) is 10.2 Å². The van der Waals surface area contributed by atoms with Crippen LogP contribution in [0.3, 0.4) is 0 Å². The van der Waals surface area contributed by atoms with E-state index in [9.17, 15) is 18.0 Å². The predicted molar refractivity (Wildman–Crippen MR) is 97.4 cm³/mol. The van der Waals surface area contributed by atoms with E-state index in [1.165, 1.54) is 21.3 Å². The summed E-state index contributed by atoms with van der Waals surface area (Å²) < 4.78 is 49.6. The summed E-state index contributed by atoms with van der Waals surface area (Å²) in [5.74, 6) is -0.236. The number of amides is 1. The number of benzene rings is 1. The largest absolute Gasteiger partial charge is 0.493 e. The van der Waals surface area contributed by atoms with Gasteiger partial charge >= 0.3 is 6.18 Å². The van der Waals surface area contributed by atoms with Crippen LogP contribution in [-0.4, -0.2) is 52.1 Å². The van der Waals surface area contributed by atoms with E-state index >= 15 is 0 Å². The van der Waals surface area contributed by atoms with Gasteiger partial charge in [0.2, 0.25) is 11.7 Å². The van der Waals surface area contributed by atoms with Gasteiger partial charge < -0.3 is 18.9 Å². The Bertz CT molecular complexity index is 826. The van der Waals surface area contributed by atoms with Crippen LogP contribution >= 0.6 is 11.8 Å². The highest BCUT2D eigenvalue weighted by Gasteiger charge is 2.37. The fourth-order valence-electron chi connectivity index (χ4n) is 2.48. The number of aromatic nitrogens is 3. The molecule has 0 atom stereocenters. The minimum atomic E-state index is -4.59. The van der Waals surface area contributed by atoms with Crippen LogP contribution in [0.15, 0.2) is 23.4 Å². The van der Waals surface area contributed by atoms with E-state index in [4.69, 9.17) is 9.47 Å². The molecule has 0 N–H and O–H groups in total. The summed E-state index contributed by atoms with van der Waals surface area (Å²) in [5, 5.41) is 6.70. The predicted octanol–water partition coefficient (Wildman–Crippen LogP) is 2.99. The van der Waals surface area contributed by atoms with Gasteiger partial charge in [0.15, 0.2) is 16.7 Å². The molecule has 0 bridgehead atoms. The molecule has 11 heteroatoms. The van der Waals surface area contributed by atoms with Crippen molar-refractivity contribution < 1.29 is 27.4 Å². The summed E-state index contributed by atoms with van der Waals surface area (Å²) in [6.07, 6.45) is -4.59. The molecule has 154 valence electrons. The molecule has 0 spiro atoms. The van der Waals surface area contributed by atoms with Gasteiger partial charge in [-0.1, -0.05) is 17.8 Å². The molecule has 1 aromatic heterocycles. The van der Waals surface area contributed by atoms with Crippen LogP contribution < -0.4 is 9.47 Å². The number of thioether (sulfide) groups is 1. The van der Waals surface area contributed by atoms with Crippen molar-refractivity contribution in [2.45, 2.75) is 24.8 Å². The van der Waals surface area contributed by atoms with E-state index in [-0.39, 0.29) is 16.8 Å². The van der Waals surface area contributed by atoms with Gasteiger partial charge in [-0.05, 0) is 24.6 Å². The zero-order valence-electron chi connectivity index (χ0n) is 15.9. The van der Waals surface area contributed by atoms with Crippen LogP contribution in [-0.2, 0) is 24.6 Å². The highest BCUT2D eigenvalue weighted by Crippen LogP contribution is 2.30. The molecule has 2 rings (SSSR count). The Balaban J connectivity index is 2.03. The third-order valence-electron chi connectivity index (χ3n) is 3.97. The Labute approximate surface area is 164 Å². The van der Waals surface area contributed by atoms with Gasteiger partial charge in [0, 0.05) is 20.1 Å². The van der Waals surface area contributed by atoms with Gasteiger partial charge in [-0.25, -0.2) is 0 Å². The monoisotopic (exact) mass is 418 g/mol. The summed E-state index contributed by atoms with van der Waals surface area (Å²) in [4.78, 5) is 14.1. The maximum atomic E-state index is 12.8. The van der Waals surface area contributed by atoms with Crippen LogP contribution in [0.1, 0.15) is 18.3 Å². The molecule has 0 fully saturated rings. The number of rotatable bonds is 8. The second-order valence-corrected chi connectivity index (χ2v) is 6.69. The van der Waals surface area contributed by atoms with Gasteiger partial charge in [0.1, 0.15) is 0 Å². The lowest BCUT2D eigenvalue weighted by atomic mass is 10.2. The van der Waals surface area contributed by atoms with E-state index in [0.717, 1.165) is 21.9 Å². The first-order valence-electron chi connectivity index (χ1n) is 8.29. The maximum absolute atomic E-state index is 12.8. The van der Waals surface area contributed by atoms with E-state index < -0.39 is 12.0 Å². The summed E-state index contributed by atoms with van der Waals surface area (Å²) in [7, 11) is 4.28. The SMILES string of the molecule is CCN(Cc1ccc(OC)c(OC)c1)C(=O)CSc1nnc(C(F)(F)F)n1C. The van der Waals surface area contributed by atoms with Crippen molar-refractivity contribution in [1.82, 2.24) is 19.7 Å². The van der Waals surface area contributed by atoms with Gasteiger partial charge in [0.25, 0.3) is 0 Å². The molecule has 0 saturated heterocycles. The molecule has 0 aliphatic carbocycles. The highest BCUT2D eigenvalue weighted by molar-refractivity contribution is 7.99. The van der Waals surface area contributed by atoms with Crippen molar-refractivity contribution in [3.8, 4) is 11.5 Å². The normalized spacial score (nSPS) is 11.4.